The summed E-state index contributed by atoms with van der Waals surface area (Å²) in [5.41, 5.74) is 0.820. The zero-order valence-corrected chi connectivity index (χ0v) is 12.1. The molecule has 0 saturated carbocycles. The van der Waals surface area contributed by atoms with Gasteiger partial charge in [0.15, 0.2) is 0 Å². The molecule has 0 saturated heterocycles. The molecule has 1 aromatic rings. The summed E-state index contributed by atoms with van der Waals surface area (Å²) in [6.45, 7) is 0. The van der Waals surface area contributed by atoms with Gasteiger partial charge in [-0.1, -0.05) is 29.3 Å². The van der Waals surface area contributed by atoms with Crippen LogP contribution in [0.3, 0.4) is 0 Å². The highest BCUT2D eigenvalue weighted by molar-refractivity contribution is 6.38. The number of alkyl halides is 7. The van der Waals surface area contributed by atoms with Gasteiger partial charge in [0, 0.05) is 5.56 Å². The first-order valence-electron chi connectivity index (χ1n) is 5.42. The normalized spacial score (nSPS) is 13.4. The van der Waals surface area contributed by atoms with Crippen LogP contribution in [0.5, 0.6) is 0 Å². The van der Waals surface area contributed by atoms with E-state index in [9.17, 15) is 35.5 Å². The topological polar surface area (TPSA) is 41.5 Å². The van der Waals surface area contributed by atoms with Gasteiger partial charge in [-0.15, -0.1) is 0 Å². The summed E-state index contributed by atoms with van der Waals surface area (Å²) >= 11 is 11.3. The Kier molecular flexibility index (Phi) is 5.53. The molecular formula is C11H5Cl2F7N2O. The standard InChI is InChI=1S/C11H5Cl2F7N2O/c12-6-2-1-3-7(13)5(6)4-21-22-8(23)9(14,15)10(16,17)11(18,19)20/h1-4H,(H,22,23)/b21-4-. The van der Waals surface area contributed by atoms with E-state index >= 15 is 0 Å². The van der Waals surface area contributed by atoms with E-state index in [2.05, 4.69) is 5.10 Å². The number of hydrogen-bond acceptors (Lipinski definition) is 2. The molecule has 0 aromatic heterocycles. The highest BCUT2D eigenvalue weighted by Gasteiger charge is 2.76. The molecule has 0 aliphatic heterocycles. The third kappa shape index (κ3) is 3.86. The minimum atomic E-state index is -6.62. The molecule has 1 rings (SSSR count). The van der Waals surface area contributed by atoms with Gasteiger partial charge in [0.1, 0.15) is 0 Å². The summed E-state index contributed by atoms with van der Waals surface area (Å²) in [5, 5.41) is 2.80. The van der Waals surface area contributed by atoms with Crippen molar-refractivity contribution >= 4 is 35.3 Å². The molecule has 1 amide bonds. The number of hydrazone groups is 1. The van der Waals surface area contributed by atoms with Gasteiger partial charge in [-0.2, -0.15) is 35.8 Å². The van der Waals surface area contributed by atoms with Crippen molar-refractivity contribution < 1.29 is 35.5 Å². The molecule has 3 nitrogen and oxygen atoms in total. The molecule has 23 heavy (non-hydrogen) atoms. The summed E-state index contributed by atoms with van der Waals surface area (Å²) < 4.78 is 86.8. The van der Waals surface area contributed by atoms with Crippen molar-refractivity contribution in [1.82, 2.24) is 5.43 Å². The summed E-state index contributed by atoms with van der Waals surface area (Å²) in [4.78, 5) is 10.9. The lowest BCUT2D eigenvalue weighted by Gasteiger charge is -2.26. The number of amides is 1. The minimum absolute atomic E-state index is 0.0251. The van der Waals surface area contributed by atoms with Crippen molar-refractivity contribution in [2.45, 2.75) is 18.0 Å². The largest absolute Gasteiger partial charge is 0.460 e. The van der Waals surface area contributed by atoms with Crippen molar-refractivity contribution in [2.75, 3.05) is 0 Å². The number of carbonyl (C=O) groups excluding carboxylic acids is 1. The molecule has 0 aliphatic rings. The number of nitrogens with one attached hydrogen (secondary N) is 1. The van der Waals surface area contributed by atoms with E-state index in [-0.39, 0.29) is 15.6 Å². The molecule has 0 fully saturated rings. The van der Waals surface area contributed by atoms with Crippen molar-refractivity contribution in [3.05, 3.63) is 33.8 Å². The lowest BCUT2D eigenvalue weighted by atomic mass is 10.1. The van der Waals surface area contributed by atoms with Gasteiger partial charge in [-0.25, -0.2) is 5.43 Å². The van der Waals surface area contributed by atoms with Crippen LogP contribution in [0.15, 0.2) is 23.3 Å². The molecule has 0 heterocycles. The minimum Gasteiger partial charge on any atom is -0.266 e. The lowest BCUT2D eigenvalue weighted by molar-refractivity contribution is -0.344. The number of carbonyl (C=O) groups is 1. The maximum absolute atomic E-state index is 13.0. The average Bonchev–Trinajstić information content (AvgIpc) is 2.40. The molecular weight excluding hydrogens is 380 g/mol. The Morgan fingerprint density at radius 3 is 1.96 bits per heavy atom. The van der Waals surface area contributed by atoms with Gasteiger partial charge in [-0.3, -0.25) is 4.79 Å². The maximum Gasteiger partial charge on any atom is 0.460 e. The van der Waals surface area contributed by atoms with Gasteiger partial charge in [0.25, 0.3) is 0 Å². The van der Waals surface area contributed by atoms with Crippen LogP contribution in [-0.4, -0.2) is 30.1 Å². The SMILES string of the molecule is O=C(N/N=C\c1c(Cl)cccc1Cl)C(F)(F)C(F)(F)C(F)(F)F. The van der Waals surface area contributed by atoms with Crippen LogP contribution in [0.2, 0.25) is 10.0 Å². The third-order valence-corrected chi connectivity index (χ3v) is 3.05. The molecule has 128 valence electrons. The highest BCUT2D eigenvalue weighted by atomic mass is 35.5. The second kappa shape index (κ2) is 6.52. The zero-order valence-electron chi connectivity index (χ0n) is 10.6. The van der Waals surface area contributed by atoms with Crippen LogP contribution >= 0.6 is 23.2 Å². The summed E-state index contributed by atoms with van der Waals surface area (Å²) in [5.74, 6) is -15.6. The van der Waals surface area contributed by atoms with Crippen LogP contribution in [0.25, 0.3) is 0 Å². The number of rotatable bonds is 4. The Balaban J connectivity index is 2.94. The number of benzene rings is 1. The molecule has 0 bridgehead atoms. The Bertz CT molecular complexity index is 611. The van der Waals surface area contributed by atoms with Crippen molar-refractivity contribution in [2.24, 2.45) is 5.10 Å². The van der Waals surface area contributed by atoms with Crippen LogP contribution in [0.4, 0.5) is 30.7 Å². The van der Waals surface area contributed by atoms with Gasteiger partial charge >= 0.3 is 23.9 Å². The number of hydrogen-bond donors (Lipinski definition) is 1. The summed E-state index contributed by atoms with van der Waals surface area (Å²) in [6.07, 6.45) is -6.01. The van der Waals surface area contributed by atoms with E-state index in [4.69, 9.17) is 23.2 Å². The molecule has 12 heteroatoms. The smallest absolute Gasteiger partial charge is 0.266 e. The van der Waals surface area contributed by atoms with E-state index in [1.807, 2.05) is 0 Å². The molecule has 0 atom stereocenters. The predicted molar refractivity (Wildman–Crippen MR) is 68.1 cm³/mol. The number of halogens is 9. The lowest BCUT2D eigenvalue weighted by Crippen LogP contribution is -2.58. The van der Waals surface area contributed by atoms with Gasteiger partial charge in [-0.05, 0) is 12.1 Å². The second-order valence-electron chi connectivity index (χ2n) is 3.98. The molecule has 0 aliphatic carbocycles. The van der Waals surface area contributed by atoms with Gasteiger partial charge in [0.05, 0.1) is 16.3 Å². The van der Waals surface area contributed by atoms with Crippen molar-refractivity contribution in [1.29, 1.82) is 0 Å². The Morgan fingerprint density at radius 1 is 1.04 bits per heavy atom. The molecule has 0 radical (unpaired) electrons. The second-order valence-corrected chi connectivity index (χ2v) is 4.80. The number of nitrogens with zero attached hydrogens (tertiary/aromatic N) is 1. The highest BCUT2D eigenvalue weighted by Crippen LogP contribution is 2.46. The Morgan fingerprint density at radius 2 is 1.52 bits per heavy atom. The van der Waals surface area contributed by atoms with Crippen LogP contribution in [-0.2, 0) is 4.79 Å². The Hall–Kier alpha value is -1.55. The Labute approximate surface area is 134 Å². The third-order valence-electron chi connectivity index (χ3n) is 2.39. The van der Waals surface area contributed by atoms with Crippen LogP contribution in [0.1, 0.15) is 5.56 Å². The average molecular weight is 385 g/mol. The maximum atomic E-state index is 13.0. The fourth-order valence-electron chi connectivity index (χ4n) is 1.18. The molecule has 1 aromatic carbocycles. The van der Waals surface area contributed by atoms with Crippen molar-refractivity contribution in [3.63, 3.8) is 0 Å². The molecule has 1 N–H and O–H groups in total. The van der Waals surface area contributed by atoms with Crippen LogP contribution in [0, 0.1) is 0 Å². The van der Waals surface area contributed by atoms with E-state index in [0.717, 1.165) is 5.43 Å². The molecule has 0 unspecified atom stereocenters. The first-order chi connectivity index (χ1) is 10.3. The fourth-order valence-corrected chi connectivity index (χ4v) is 1.68. The quantitative estimate of drug-likeness (QED) is 0.470. The van der Waals surface area contributed by atoms with Gasteiger partial charge < -0.3 is 0 Å². The summed E-state index contributed by atoms with van der Waals surface area (Å²) in [6, 6.07) is 4.03. The predicted octanol–water partition coefficient (Wildman–Crippen LogP) is 4.28. The van der Waals surface area contributed by atoms with E-state index in [1.165, 1.54) is 18.2 Å². The van der Waals surface area contributed by atoms with E-state index < -0.39 is 23.9 Å². The first-order valence-corrected chi connectivity index (χ1v) is 6.18. The summed E-state index contributed by atoms with van der Waals surface area (Å²) in [7, 11) is 0. The van der Waals surface area contributed by atoms with Crippen molar-refractivity contribution in [3.8, 4) is 0 Å². The zero-order chi connectivity index (χ0) is 18.1. The first kappa shape index (κ1) is 19.5. The van der Waals surface area contributed by atoms with E-state index in [1.54, 1.807) is 0 Å². The van der Waals surface area contributed by atoms with E-state index in [0.29, 0.717) is 6.21 Å². The van der Waals surface area contributed by atoms with Crippen LogP contribution < -0.4 is 5.43 Å². The molecule has 0 spiro atoms. The fraction of sp³-hybridized carbons (Fsp3) is 0.273. The monoisotopic (exact) mass is 384 g/mol. The van der Waals surface area contributed by atoms with Gasteiger partial charge in [0.2, 0.25) is 0 Å².